The Balaban J connectivity index is 0.00000186. The SMILES string of the molecule is COC(=O)N[C@H](C(=O)N1CCC[C@H]1c1ncc(-c2ccc3nc(-c4ccc5nc([C@@H]6CC7(CC7)CN6C(=O)[C@@H](C)C(C)C)[nH]c5c4)cnc3c2)[nH]1)C(C)C.S.S.S.S. The number of hydrogen-bond acceptors (Lipinski definition) is 8. The highest BCUT2D eigenvalue weighted by Gasteiger charge is 2.54. The first-order valence-electron chi connectivity index (χ1n) is 19.2. The molecule has 2 aliphatic heterocycles. The third-order valence-electron chi connectivity index (χ3n) is 11.9. The van der Waals surface area contributed by atoms with Crippen molar-refractivity contribution < 1.29 is 19.1 Å². The molecule has 5 aromatic rings. The number of nitrogens with one attached hydrogen (secondary N) is 3. The number of rotatable bonds is 9. The number of H-pyrrole nitrogens is 2. The molecule has 5 heterocycles. The van der Waals surface area contributed by atoms with E-state index < -0.39 is 12.1 Å². The molecule has 3 fully saturated rings. The van der Waals surface area contributed by atoms with Gasteiger partial charge in [-0.05, 0) is 73.6 Å². The van der Waals surface area contributed by atoms with E-state index in [0.717, 1.165) is 76.2 Å². The minimum Gasteiger partial charge on any atom is -0.453 e. The summed E-state index contributed by atoms with van der Waals surface area (Å²) in [6.07, 6.45) is 7.89. The summed E-state index contributed by atoms with van der Waals surface area (Å²) in [6, 6.07) is 11.1. The molecule has 2 saturated heterocycles. The maximum atomic E-state index is 13.6. The Hall–Kier alpha value is -3.93. The van der Waals surface area contributed by atoms with Crippen LogP contribution >= 0.6 is 54.0 Å². The summed E-state index contributed by atoms with van der Waals surface area (Å²) in [7, 11) is 1.29. The number of ether oxygens (including phenoxy) is 1. The summed E-state index contributed by atoms with van der Waals surface area (Å²) in [4.78, 5) is 69.4. The van der Waals surface area contributed by atoms with Crippen LogP contribution < -0.4 is 5.32 Å². The number of aromatic amines is 2. The lowest BCUT2D eigenvalue weighted by atomic mass is 9.96. The van der Waals surface area contributed by atoms with Gasteiger partial charge in [-0.2, -0.15) is 54.0 Å². The smallest absolute Gasteiger partial charge is 0.407 e. The normalized spacial score (nSPS) is 19.0. The fourth-order valence-corrected chi connectivity index (χ4v) is 8.13. The van der Waals surface area contributed by atoms with E-state index in [1.54, 1.807) is 17.3 Å². The van der Waals surface area contributed by atoms with Crippen molar-refractivity contribution in [3.63, 3.8) is 0 Å². The van der Waals surface area contributed by atoms with Crippen molar-refractivity contribution in [3.05, 3.63) is 60.4 Å². The number of methoxy groups -OCH3 is 1. The van der Waals surface area contributed by atoms with Crippen LogP contribution in [0.25, 0.3) is 44.6 Å². The van der Waals surface area contributed by atoms with Gasteiger partial charge in [-0.3, -0.25) is 14.6 Å². The average Bonchev–Trinajstić information content (AvgIpc) is 3.66. The first kappa shape index (κ1) is 46.8. The monoisotopic (exact) mass is 867 g/mol. The molecule has 3 aromatic heterocycles. The third-order valence-corrected chi connectivity index (χ3v) is 11.9. The lowest BCUT2D eigenvalue weighted by Crippen LogP contribution is -2.51. The summed E-state index contributed by atoms with van der Waals surface area (Å²) in [6.45, 7) is 11.5. The number of imidazole rings is 2. The molecule has 17 heteroatoms. The number of alkyl carbamates (subject to hydrolysis) is 1. The van der Waals surface area contributed by atoms with Crippen LogP contribution in [0.15, 0.2) is 48.8 Å². The van der Waals surface area contributed by atoms with Gasteiger partial charge < -0.3 is 29.8 Å². The van der Waals surface area contributed by atoms with Gasteiger partial charge in [0.2, 0.25) is 11.8 Å². The Bertz CT molecular complexity index is 2260. The van der Waals surface area contributed by atoms with E-state index in [9.17, 15) is 14.4 Å². The van der Waals surface area contributed by atoms with E-state index in [0.29, 0.717) is 12.4 Å². The molecule has 58 heavy (non-hydrogen) atoms. The average molecular weight is 868 g/mol. The van der Waals surface area contributed by atoms with Crippen LogP contribution in [-0.2, 0) is 14.3 Å². The molecule has 314 valence electrons. The summed E-state index contributed by atoms with van der Waals surface area (Å²) in [5.41, 5.74) is 6.96. The standard InChI is InChI=1S/C41H49N9O4.4H2S/c1-22(2)24(5)38(51)50-21-41(13-14-41)18-34(50)37-45-28-12-10-26(17-30(28)46-37)31-19-42-29-16-25(9-11-27(29)44-31)32-20-43-36(47-32)33-8-7-15-49(33)39(52)35(23(3)4)48-40(53)54-6;;;;/h9-12,16-17,19-20,22-24,33-35H,7-8,13-15,18,21H2,1-6H3,(H,43,47)(H,45,46)(H,48,53);4*1H2/t24-,33-,34-,35-;;;;/m0..../s1. The number of benzene rings is 2. The maximum Gasteiger partial charge on any atom is 0.407 e. The van der Waals surface area contributed by atoms with Gasteiger partial charge in [-0.15, -0.1) is 0 Å². The Kier molecular flexibility index (Phi) is 15.0. The van der Waals surface area contributed by atoms with Crippen molar-refractivity contribution in [2.24, 2.45) is 23.2 Å². The number of carbonyl (C=O) groups is 3. The quantitative estimate of drug-likeness (QED) is 0.138. The van der Waals surface area contributed by atoms with Gasteiger partial charge >= 0.3 is 6.09 Å². The van der Waals surface area contributed by atoms with E-state index in [2.05, 4.69) is 45.1 Å². The van der Waals surface area contributed by atoms with Crippen molar-refractivity contribution in [2.45, 2.75) is 84.8 Å². The van der Waals surface area contributed by atoms with Crippen LogP contribution in [0.1, 0.15) is 90.5 Å². The molecular formula is C41H57N9O4S4. The second-order valence-corrected chi connectivity index (χ2v) is 16.3. The van der Waals surface area contributed by atoms with Gasteiger partial charge in [0.15, 0.2) is 0 Å². The van der Waals surface area contributed by atoms with Crippen molar-refractivity contribution in [3.8, 4) is 22.5 Å². The molecule has 2 aromatic carbocycles. The van der Waals surface area contributed by atoms with E-state index in [-0.39, 0.29) is 101 Å². The Labute approximate surface area is 367 Å². The highest BCUT2D eigenvalue weighted by atomic mass is 32.1. The van der Waals surface area contributed by atoms with Crippen LogP contribution in [0.3, 0.4) is 0 Å². The molecule has 4 atom stereocenters. The summed E-state index contributed by atoms with van der Waals surface area (Å²) in [5, 5.41) is 2.70. The first-order chi connectivity index (χ1) is 25.9. The number of likely N-dealkylation sites (tertiary alicyclic amines) is 2. The number of aromatic nitrogens is 6. The van der Waals surface area contributed by atoms with Crippen molar-refractivity contribution in [1.82, 2.24) is 45.0 Å². The zero-order valence-corrected chi connectivity index (χ0v) is 37.8. The molecule has 3 aliphatic rings. The molecule has 0 unspecified atom stereocenters. The molecule has 3 amide bonds. The second-order valence-electron chi connectivity index (χ2n) is 16.3. The van der Waals surface area contributed by atoms with Crippen LogP contribution in [0.5, 0.6) is 0 Å². The number of nitrogens with zero attached hydrogens (tertiary/aromatic N) is 6. The Morgan fingerprint density at radius 3 is 2.21 bits per heavy atom. The first-order valence-corrected chi connectivity index (χ1v) is 19.2. The van der Waals surface area contributed by atoms with E-state index in [4.69, 9.17) is 19.7 Å². The van der Waals surface area contributed by atoms with E-state index in [1.165, 1.54) is 20.0 Å². The molecule has 3 N–H and O–H groups in total. The molecule has 1 spiro atoms. The molecule has 0 bridgehead atoms. The fourth-order valence-electron chi connectivity index (χ4n) is 8.13. The van der Waals surface area contributed by atoms with Crippen molar-refractivity contribution in [1.29, 1.82) is 0 Å². The van der Waals surface area contributed by atoms with Gasteiger partial charge in [-0.25, -0.2) is 19.7 Å². The molecular weight excluding hydrogens is 811 g/mol. The van der Waals surface area contributed by atoms with E-state index in [1.807, 2.05) is 51.1 Å². The minimum absolute atomic E-state index is 0. The predicted molar refractivity (Wildman–Crippen MR) is 246 cm³/mol. The summed E-state index contributed by atoms with van der Waals surface area (Å²) >= 11 is 0. The Morgan fingerprint density at radius 1 is 0.793 bits per heavy atom. The fraction of sp³-hybridized carbons (Fsp3) is 0.488. The molecule has 0 radical (unpaired) electrons. The molecule has 8 rings (SSSR count). The topological polar surface area (TPSA) is 162 Å². The van der Waals surface area contributed by atoms with Gasteiger partial charge in [0.1, 0.15) is 17.7 Å². The van der Waals surface area contributed by atoms with Crippen LogP contribution in [0, 0.1) is 23.2 Å². The number of fused-ring (bicyclic) bond motifs is 2. The molecule has 13 nitrogen and oxygen atoms in total. The van der Waals surface area contributed by atoms with Crippen LogP contribution in [0.4, 0.5) is 4.79 Å². The van der Waals surface area contributed by atoms with Gasteiger partial charge in [0.25, 0.3) is 0 Å². The lowest BCUT2D eigenvalue weighted by Gasteiger charge is -2.30. The third kappa shape index (κ3) is 8.97. The van der Waals surface area contributed by atoms with Crippen molar-refractivity contribution >= 4 is 94.0 Å². The van der Waals surface area contributed by atoms with Gasteiger partial charge in [0, 0.05) is 30.1 Å². The molecule has 1 saturated carbocycles. The van der Waals surface area contributed by atoms with Gasteiger partial charge in [-0.1, -0.05) is 46.8 Å². The van der Waals surface area contributed by atoms with Gasteiger partial charge in [0.05, 0.1) is 65.0 Å². The number of hydrogen-bond donors (Lipinski definition) is 3. The lowest BCUT2D eigenvalue weighted by molar-refractivity contribution is -0.137. The number of amides is 3. The highest BCUT2D eigenvalue weighted by molar-refractivity contribution is 7.59. The summed E-state index contributed by atoms with van der Waals surface area (Å²) in [5.74, 6) is 1.80. The largest absolute Gasteiger partial charge is 0.453 e. The minimum atomic E-state index is -0.691. The van der Waals surface area contributed by atoms with Crippen molar-refractivity contribution in [2.75, 3.05) is 20.2 Å². The molecule has 1 aliphatic carbocycles. The highest BCUT2D eigenvalue weighted by Crippen LogP contribution is 2.58. The zero-order valence-electron chi connectivity index (χ0n) is 33.8. The Morgan fingerprint density at radius 2 is 1.52 bits per heavy atom. The van der Waals surface area contributed by atoms with Crippen LogP contribution in [0.2, 0.25) is 0 Å². The maximum absolute atomic E-state index is 13.6. The van der Waals surface area contributed by atoms with E-state index >= 15 is 0 Å². The second kappa shape index (κ2) is 18.6. The zero-order chi connectivity index (χ0) is 37.9. The summed E-state index contributed by atoms with van der Waals surface area (Å²) < 4.78 is 4.76. The van der Waals surface area contributed by atoms with Crippen LogP contribution in [-0.4, -0.2) is 83.9 Å². The number of carbonyl (C=O) groups excluding carboxylic acids is 3. The predicted octanol–water partition coefficient (Wildman–Crippen LogP) is 7.40.